The Balaban J connectivity index is 0.00000289. The third-order valence-corrected chi connectivity index (χ3v) is 6.75. The topological polar surface area (TPSA) is 59.9 Å². The van der Waals surface area contributed by atoms with Gasteiger partial charge in [-0.1, -0.05) is 54.6 Å². The van der Waals surface area contributed by atoms with Crippen LogP contribution in [0.1, 0.15) is 49.8 Å². The predicted octanol–water partition coefficient (Wildman–Crippen LogP) is 4.05. The molecule has 0 aromatic heterocycles. The molecule has 3 unspecified atom stereocenters. The van der Waals surface area contributed by atoms with E-state index in [1.807, 2.05) is 18.2 Å². The summed E-state index contributed by atoms with van der Waals surface area (Å²) in [6.45, 7) is 7.69. The molecule has 1 aliphatic carbocycles. The van der Waals surface area contributed by atoms with Crippen molar-refractivity contribution in [3.8, 4) is 0 Å². The highest BCUT2D eigenvalue weighted by Gasteiger charge is 2.36. The Hall–Kier alpha value is -1.64. The smallest absolute Gasteiger partial charge is 0.191 e. The molecule has 6 heteroatoms. The van der Waals surface area contributed by atoms with E-state index in [9.17, 15) is 5.11 Å². The monoisotopic (exact) mass is 548 g/mol. The van der Waals surface area contributed by atoms with Crippen LogP contribution in [0.2, 0.25) is 0 Å². The molecule has 2 aromatic rings. The standard InChI is InChI=1S/C26H36N4O.HI/c1-3-27-25(28-19-26(31)15-13-22-11-7-8-12-24(22)26)29-23-14-16-30(20(2)17-23)18-21-9-5-4-6-10-21;/h4-12,20,23,31H,3,13-19H2,1-2H3,(H2,27,28,29);1H. The normalized spacial score (nSPS) is 25.7. The van der Waals surface area contributed by atoms with Gasteiger partial charge in [0.25, 0.3) is 0 Å². The Morgan fingerprint density at radius 2 is 1.91 bits per heavy atom. The first-order chi connectivity index (χ1) is 15.1. The molecule has 32 heavy (non-hydrogen) atoms. The highest BCUT2D eigenvalue weighted by atomic mass is 127. The lowest BCUT2D eigenvalue weighted by Gasteiger charge is -2.38. The predicted molar refractivity (Wildman–Crippen MR) is 143 cm³/mol. The molecule has 3 atom stereocenters. The number of fused-ring (bicyclic) bond motifs is 1. The van der Waals surface area contributed by atoms with Gasteiger partial charge in [0, 0.05) is 31.7 Å². The summed E-state index contributed by atoms with van der Waals surface area (Å²) >= 11 is 0. The fraction of sp³-hybridized carbons (Fsp3) is 0.500. The van der Waals surface area contributed by atoms with Crippen LogP contribution in [0.3, 0.4) is 0 Å². The molecule has 0 amide bonds. The van der Waals surface area contributed by atoms with Crippen LogP contribution in [0.4, 0.5) is 0 Å². The summed E-state index contributed by atoms with van der Waals surface area (Å²) in [5.74, 6) is 0.814. The molecule has 0 spiro atoms. The number of piperidine rings is 1. The van der Waals surface area contributed by atoms with Gasteiger partial charge in [0.2, 0.25) is 0 Å². The Kier molecular flexibility index (Phi) is 8.96. The summed E-state index contributed by atoms with van der Waals surface area (Å²) in [4.78, 5) is 7.37. The Labute approximate surface area is 209 Å². The zero-order valence-corrected chi connectivity index (χ0v) is 21.6. The first kappa shape index (κ1) is 25.0. The lowest BCUT2D eigenvalue weighted by atomic mass is 9.96. The Morgan fingerprint density at radius 1 is 1.16 bits per heavy atom. The van der Waals surface area contributed by atoms with Crippen molar-refractivity contribution in [3.05, 3.63) is 71.3 Å². The van der Waals surface area contributed by atoms with E-state index in [-0.39, 0.29) is 24.0 Å². The second-order valence-electron chi connectivity index (χ2n) is 9.05. The van der Waals surface area contributed by atoms with Crippen molar-refractivity contribution in [2.24, 2.45) is 4.99 Å². The molecule has 5 nitrogen and oxygen atoms in total. The number of aliphatic imine (C=N–C) groups is 1. The number of aryl methyl sites for hydroxylation is 1. The molecule has 1 heterocycles. The van der Waals surface area contributed by atoms with Crippen molar-refractivity contribution in [1.29, 1.82) is 0 Å². The van der Waals surface area contributed by atoms with Crippen molar-refractivity contribution < 1.29 is 5.11 Å². The van der Waals surface area contributed by atoms with Gasteiger partial charge in [-0.05, 0) is 56.2 Å². The number of guanidine groups is 1. The number of hydrogen-bond donors (Lipinski definition) is 3. The lowest BCUT2D eigenvalue weighted by Crippen LogP contribution is -2.51. The van der Waals surface area contributed by atoms with E-state index in [0.29, 0.717) is 18.6 Å². The van der Waals surface area contributed by atoms with Crippen LogP contribution >= 0.6 is 24.0 Å². The number of aliphatic hydroxyl groups is 1. The number of rotatable bonds is 6. The number of likely N-dealkylation sites (tertiary alicyclic amines) is 1. The third kappa shape index (κ3) is 6.02. The van der Waals surface area contributed by atoms with Gasteiger partial charge in [-0.2, -0.15) is 0 Å². The van der Waals surface area contributed by atoms with Gasteiger partial charge >= 0.3 is 0 Å². The summed E-state index contributed by atoms with van der Waals surface area (Å²) in [5.41, 5.74) is 2.81. The van der Waals surface area contributed by atoms with Gasteiger partial charge < -0.3 is 15.7 Å². The molecular weight excluding hydrogens is 511 g/mol. The molecule has 2 aliphatic rings. The number of halogens is 1. The van der Waals surface area contributed by atoms with Crippen LogP contribution in [-0.4, -0.2) is 47.7 Å². The zero-order valence-electron chi connectivity index (χ0n) is 19.3. The highest BCUT2D eigenvalue weighted by Crippen LogP contribution is 2.36. The van der Waals surface area contributed by atoms with Crippen LogP contribution in [0.15, 0.2) is 59.6 Å². The van der Waals surface area contributed by atoms with Crippen LogP contribution in [0.25, 0.3) is 0 Å². The van der Waals surface area contributed by atoms with Gasteiger partial charge in [0.05, 0.1) is 6.54 Å². The van der Waals surface area contributed by atoms with Gasteiger partial charge in [-0.25, -0.2) is 4.99 Å². The number of nitrogens with zero attached hydrogens (tertiary/aromatic N) is 2. The van der Waals surface area contributed by atoms with Crippen LogP contribution in [0.5, 0.6) is 0 Å². The summed E-state index contributed by atoms with van der Waals surface area (Å²) < 4.78 is 0. The van der Waals surface area contributed by atoms with Gasteiger partial charge in [-0.15, -0.1) is 24.0 Å². The van der Waals surface area contributed by atoms with E-state index < -0.39 is 5.60 Å². The minimum atomic E-state index is -0.856. The number of nitrogens with one attached hydrogen (secondary N) is 2. The van der Waals surface area contributed by atoms with Gasteiger partial charge in [0.1, 0.15) is 5.60 Å². The van der Waals surface area contributed by atoms with Gasteiger partial charge in [-0.3, -0.25) is 4.90 Å². The second-order valence-corrected chi connectivity index (χ2v) is 9.05. The van der Waals surface area contributed by atoms with E-state index in [2.05, 4.69) is 65.8 Å². The molecular formula is C26H37IN4O. The highest BCUT2D eigenvalue weighted by molar-refractivity contribution is 14.0. The van der Waals surface area contributed by atoms with Crippen molar-refractivity contribution in [2.75, 3.05) is 19.6 Å². The Bertz CT molecular complexity index is 890. The average molecular weight is 549 g/mol. The maximum absolute atomic E-state index is 11.2. The van der Waals surface area contributed by atoms with Crippen molar-refractivity contribution in [3.63, 3.8) is 0 Å². The van der Waals surface area contributed by atoms with Crippen molar-refractivity contribution in [2.45, 2.75) is 63.8 Å². The van der Waals surface area contributed by atoms with E-state index in [0.717, 1.165) is 56.8 Å². The molecule has 1 fully saturated rings. The first-order valence-corrected chi connectivity index (χ1v) is 11.7. The maximum Gasteiger partial charge on any atom is 0.191 e. The summed E-state index contributed by atoms with van der Waals surface area (Å²) in [6.07, 6.45) is 3.84. The molecule has 3 N–H and O–H groups in total. The molecule has 0 saturated carbocycles. The SMILES string of the molecule is CCNC(=NCC1(O)CCc2ccccc21)NC1CCN(Cc2ccccc2)C(C)C1.I. The van der Waals surface area contributed by atoms with E-state index >= 15 is 0 Å². The first-order valence-electron chi connectivity index (χ1n) is 11.7. The van der Waals surface area contributed by atoms with Gasteiger partial charge in [0.15, 0.2) is 5.96 Å². The molecule has 1 saturated heterocycles. The largest absolute Gasteiger partial charge is 0.383 e. The van der Waals surface area contributed by atoms with Crippen LogP contribution in [0, 0.1) is 0 Å². The number of hydrogen-bond acceptors (Lipinski definition) is 3. The maximum atomic E-state index is 11.2. The minimum absolute atomic E-state index is 0. The summed E-state index contributed by atoms with van der Waals surface area (Å²) in [6, 6.07) is 19.8. The summed E-state index contributed by atoms with van der Waals surface area (Å²) in [7, 11) is 0. The lowest BCUT2D eigenvalue weighted by molar-refractivity contribution is 0.0484. The van der Waals surface area contributed by atoms with Crippen molar-refractivity contribution >= 4 is 29.9 Å². The number of benzene rings is 2. The third-order valence-electron chi connectivity index (χ3n) is 6.75. The van der Waals surface area contributed by atoms with E-state index in [1.165, 1.54) is 11.1 Å². The molecule has 174 valence electrons. The van der Waals surface area contributed by atoms with Crippen LogP contribution < -0.4 is 10.6 Å². The van der Waals surface area contributed by atoms with Crippen LogP contribution in [-0.2, 0) is 18.6 Å². The van der Waals surface area contributed by atoms with E-state index in [1.54, 1.807) is 0 Å². The molecule has 4 rings (SSSR count). The minimum Gasteiger partial charge on any atom is -0.383 e. The Morgan fingerprint density at radius 3 is 2.66 bits per heavy atom. The molecule has 1 aliphatic heterocycles. The fourth-order valence-corrected chi connectivity index (χ4v) is 4.96. The summed E-state index contributed by atoms with van der Waals surface area (Å²) in [5, 5.41) is 18.2. The molecule has 2 aromatic carbocycles. The quantitative estimate of drug-likeness (QED) is 0.290. The zero-order chi connectivity index (χ0) is 21.7. The second kappa shape index (κ2) is 11.5. The van der Waals surface area contributed by atoms with Crippen molar-refractivity contribution in [1.82, 2.24) is 15.5 Å². The average Bonchev–Trinajstić information content (AvgIpc) is 3.12. The van der Waals surface area contributed by atoms with E-state index in [4.69, 9.17) is 4.99 Å². The molecule has 0 radical (unpaired) electrons. The molecule has 0 bridgehead atoms. The fourth-order valence-electron chi connectivity index (χ4n) is 4.96.